The molecule has 0 aromatic heterocycles. The summed E-state index contributed by atoms with van der Waals surface area (Å²) < 4.78 is 9.71. The van der Waals surface area contributed by atoms with Crippen molar-refractivity contribution in [1.82, 2.24) is 15.5 Å². The van der Waals surface area contributed by atoms with Crippen molar-refractivity contribution in [2.75, 3.05) is 20.2 Å². The second-order valence-electron chi connectivity index (χ2n) is 8.06. The highest BCUT2D eigenvalue weighted by Crippen LogP contribution is 2.24. The normalized spacial score (nSPS) is 12.4. The summed E-state index contributed by atoms with van der Waals surface area (Å²) in [7, 11) is 1.18. The Kier molecular flexibility index (Phi) is 10.1. The summed E-state index contributed by atoms with van der Waals surface area (Å²) in [5.41, 5.74) is 0.297. The molecule has 0 aliphatic carbocycles. The summed E-state index contributed by atoms with van der Waals surface area (Å²) in [4.78, 5) is 50.9. The smallest absolute Gasteiger partial charge is 0.408 e. The molecule has 0 spiro atoms. The number of esters is 1. The highest BCUT2D eigenvalue weighted by Gasteiger charge is 2.35. The zero-order valence-corrected chi connectivity index (χ0v) is 19.5. The molecular weight excluding hydrogens is 428 g/mol. The fourth-order valence-electron chi connectivity index (χ4n) is 2.82. The van der Waals surface area contributed by atoms with Gasteiger partial charge in [0.1, 0.15) is 30.8 Å². The van der Waals surface area contributed by atoms with Gasteiger partial charge < -0.3 is 25.0 Å². The minimum atomic E-state index is -1.26. The first-order valence-electron chi connectivity index (χ1n) is 10.2. The van der Waals surface area contributed by atoms with E-state index in [1.807, 2.05) is 6.07 Å². The number of nitrogens with zero attached hydrogens (tertiary/aromatic N) is 2. The highest BCUT2D eigenvalue weighted by atomic mass is 16.6. The molecule has 1 rings (SSSR count). The van der Waals surface area contributed by atoms with Crippen LogP contribution in [0.2, 0.25) is 0 Å². The van der Waals surface area contributed by atoms with E-state index in [1.165, 1.54) is 14.0 Å². The average molecular weight is 459 g/mol. The Morgan fingerprint density at radius 1 is 1.27 bits per heavy atom. The summed E-state index contributed by atoms with van der Waals surface area (Å²) in [6.45, 7) is 9.27. The Labute approximate surface area is 193 Å². The fourth-order valence-corrected chi connectivity index (χ4v) is 2.82. The van der Waals surface area contributed by atoms with Gasteiger partial charge in [0.05, 0.1) is 13.2 Å². The van der Waals surface area contributed by atoms with Crippen LogP contribution in [0.5, 0.6) is 0 Å². The molecule has 2 atom stereocenters. The molecule has 1 aromatic carbocycles. The number of nitriles is 1. The number of carbonyl (C=O) groups excluding carboxylic acids is 4. The minimum absolute atomic E-state index is 0.392. The van der Waals surface area contributed by atoms with E-state index in [0.717, 1.165) is 4.90 Å². The lowest BCUT2D eigenvalue weighted by molar-refractivity contribution is -0.144. The number of ether oxygens (including phenoxy) is 2. The number of amides is 3. The Balaban J connectivity index is 3.30. The number of rotatable bonds is 9. The second kappa shape index (κ2) is 12.2. The van der Waals surface area contributed by atoms with E-state index in [2.05, 4.69) is 21.9 Å². The Morgan fingerprint density at radius 2 is 1.94 bits per heavy atom. The van der Waals surface area contributed by atoms with Crippen molar-refractivity contribution in [3.05, 3.63) is 42.0 Å². The van der Waals surface area contributed by atoms with Crippen molar-refractivity contribution >= 4 is 30.0 Å². The Bertz CT molecular complexity index is 932. The Hall–Kier alpha value is -3.87. The number of hydrogen-bond acceptors (Lipinski definition) is 7. The number of nitrogens with one attached hydrogen (secondary N) is 2. The first kappa shape index (κ1) is 27.2. The summed E-state index contributed by atoms with van der Waals surface area (Å²) in [5, 5.41) is 14.2. The van der Waals surface area contributed by atoms with Crippen LogP contribution in [-0.2, 0) is 23.9 Å². The summed E-state index contributed by atoms with van der Waals surface area (Å²) in [6, 6.07) is 6.18. The molecule has 0 fully saturated rings. The minimum Gasteiger partial charge on any atom is -0.468 e. The van der Waals surface area contributed by atoms with Gasteiger partial charge in [0.25, 0.3) is 0 Å². The molecule has 0 saturated heterocycles. The van der Waals surface area contributed by atoms with E-state index in [9.17, 15) is 24.4 Å². The van der Waals surface area contributed by atoms with E-state index in [1.54, 1.807) is 51.1 Å². The van der Waals surface area contributed by atoms with Crippen LogP contribution in [0.15, 0.2) is 30.8 Å². The molecule has 10 nitrogen and oxygen atoms in total. The molecular formula is C23H30N4O6. The molecule has 0 saturated carbocycles. The lowest BCUT2D eigenvalue weighted by Gasteiger charge is -2.32. The molecule has 0 heterocycles. The summed E-state index contributed by atoms with van der Waals surface area (Å²) in [6.07, 6.45) is 0.747. The second-order valence-corrected chi connectivity index (χ2v) is 8.06. The molecule has 2 unspecified atom stereocenters. The summed E-state index contributed by atoms with van der Waals surface area (Å²) >= 11 is 0. The van der Waals surface area contributed by atoms with Crippen LogP contribution in [0, 0.1) is 11.3 Å². The lowest BCUT2D eigenvalue weighted by atomic mass is 10.0. The van der Waals surface area contributed by atoms with Crippen LogP contribution < -0.4 is 10.6 Å². The number of benzene rings is 1. The van der Waals surface area contributed by atoms with Crippen molar-refractivity contribution in [1.29, 1.82) is 5.26 Å². The monoisotopic (exact) mass is 458 g/mol. The molecule has 178 valence electrons. The van der Waals surface area contributed by atoms with Crippen molar-refractivity contribution < 1.29 is 28.7 Å². The maximum Gasteiger partial charge on any atom is 0.408 e. The van der Waals surface area contributed by atoms with Crippen LogP contribution in [0.25, 0.3) is 6.08 Å². The quantitative estimate of drug-likeness (QED) is 0.426. The van der Waals surface area contributed by atoms with Crippen molar-refractivity contribution in [3.63, 3.8) is 0 Å². The van der Waals surface area contributed by atoms with Crippen LogP contribution in [-0.4, -0.2) is 60.6 Å². The van der Waals surface area contributed by atoms with Gasteiger partial charge in [-0.2, -0.15) is 5.26 Å². The average Bonchev–Trinajstić information content (AvgIpc) is 2.75. The molecule has 10 heteroatoms. The zero-order chi connectivity index (χ0) is 25.2. The number of carbonyl (C=O) groups is 4. The third-order valence-corrected chi connectivity index (χ3v) is 4.28. The predicted octanol–water partition coefficient (Wildman–Crippen LogP) is 1.93. The van der Waals surface area contributed by atoms with Gasteiger partial charge in [0.2, 0.25) is 11.8 Å². The summed E-state index contributed by atoms with van der Waals surface area (Å²) in [5.74, 6) is -2.07. The first-order chi connectivity index (χ1) is 15.4. The van der Waals surface area contributed by atoms with E-state index >= 15 is 0 Å². The molecule has 0 radical (unpaired) electrons. The molecule has 0 aliphatic rings. The van der Waals surface area contributed by atoms with E-state index < -0.39 is 54.7 Å². The van der Waals surface area contributed by atoms with E-state index in [-0.39, 0.29) is 0 Å². The Morgan fingerprint density at radius 3 is 2.48 bits per heavy atom. The van der Waals surface area contributed by atoms with Crippen molar-refractivity contribution in [2.24, 2.45) is 0 Å². The lowest BCUT2D eigenvalue weighted by Crippen LogP contribution is -2.52. The van der Waals surface area contributed by atoms with Crippen LogP contribution in [0.3, 0.4) is 0 Å². The standard InChI is InChI=1S/C23H30N4O6/c1-7-16-9-8-10-17(13-16)19(20(29)25-14-18(28)32-6)27(12-11-24)21(30)15(2)26-22(31)33-23(3,4)5/h7-10,13,15,19H,1,12,14H2,2-6H3,(H,25,29)(H,26,31). The largest absolute Gasteiger partial charge is 0.468 e. The maximum atomic E-state index is 13.2. The zero-order valence-electron chi connectivity index (χ0n) is 19.5. The third-order valence-electron chi connectivity index (χ3n) is 4.28. The van der Waals surface area contributed by atoms with Crippen molar-refractivity contribution in [2.45, 2.75) is 45.4 Å². The van der Waals surface area contributed by atoms with E-state index in [0.29, 0.717) is 11.1 Å². The molecule has 0 bridgehead atoms. The van der Waals surface area contributed by atoms with Crippen molar-refractivity contribution in [3.8, 4) is 6.07 Å². The van der Waals surface area contributed by atoms with Crippen LogP contribution in [0.1, 0.15) is 44.9 Å². The molecule has 2 N–H and O–H groups in total. The van der Waals surface area contributed by atoms with Gasteiger partial charge in [0, 0.05) is 0 Å². The van der Waals surface area contributed by atoms with Gasteiger partial charge in [-0.25, -0.2) is 4.79 Å². The topological polar surface area (TPSA) is 138 Å². The van der Waals surface area contributed by atoms with Crippen LogP contribution >= 0.6 is 0 Å². The molecule has 3 amide bonds. The first-order valence-corrected chi connectivity index (χ1v) is 10.2. The SMILES string of the molecule is C=Cc1cccc(C(C(=O)NCC(=O)OC)N(CC#N)C(=O)C(C)NC(=O)OC(C)(C)C)c1. The third kappa shape index (κ3) is 8.65. The number of hydrogen-bond donors (Lipinski definition) is 2. The molecule has 1 aromatic rings. The molecule has 33 heavy (non-hydrogen) atoms. The van der Waals surface area contributed by atoms with E-state index in [4.69, 9.17) is 4.74 Å². The van der Waals surface area contributed by atoms with Gasteiger partial charge in [-0.1, -0.05) is 30.9 Å². The fraction of sp³-hybridized carbons (Fsp3) is 0.435. The maximum absolute atomic E-state index is 13.2. The van der Waals surface area contributed by atoms with Gasteiger partial charge in [-0.3, -0.25) is 14.4 Å². The highest BCUT2D eigenvalue weighted by molar-refractivity contribution is 5.93. The van der Waals surface area contributed by atoms with Gasteiger partial charge >= 0.3 is 12.1 Å². The molecule has 0 aliphatic heterocycles. The van der Waals surface area contributed by atoms with Gasteiger partial charge in [-0.15, -0.1) is 0 Å². The number of alkyl carbamates (subject to hydrolysis) is 1. The van der Waals surface area contributed by atoms with Crippen LogP contribution in [0.4, 0.5) is 4.79 Å². The van der Waals surface area contributed by atoms with Gasteiger partial charge in [0.15, 0.2) is 0 Å². The predicted molar refractivity (Wildman–Crippen MR) is 120 cm³/mol. The van der Waals surface area contributed by atoms with Gasteiger partial charge in [-0.05, 0) is 44.9 Å². The number of methoxy groups -OCH3 is 1.